The minimum atomic E-state index is -0.838. The number of nitrogens with zero attached hydrogens (tertiary/aromatic N) is 3. The maximum absolute atomic E-state index is 12.9. The van der Waals surface area contributed by atoms with Crippen LogP contribution in [0.3, 0.4) is 0 Å². The number of hydrogen-bond donors (Lipinski definition) is 1. The second kappa shape index (κ2) is 7.98. The molecule has 0 radical (unpaired) electrons. The normalized spacial score (nSPS) is 18.4. The standard InChI is InChI=1S/C20H14ClN3O3S2/c1-28-19-22-20(29-23-19)24-15(11-7-9-13(21)10-8-11)14(17(26)18(24)27)16(25)12-5-3-2-4-6-12/h2-10,15,25H,1H3/b16-14-. The van der Waals surface area contributed by atoms with Crippen molar-refractivity contribution in [1.29, 1.82) is 0 Å². The molecule has 1 saturated heterocycles. The van der Waals surface area contributed by atoms with Gasteiger partial charge >= 0.3 is 5.91 Å². The molecule has 146 valence electrons. The molecule has 0 saturated carbocycles. The third-order valence-corrected chi connectivity index (χ3v) is 6.09. The zero-order chi connectivity index (χ0) is 20.5. The molecule has 0 aliphatic carbocycles. The van der Waals surface area contributed by atoms with E-state index in [0.29, 0.717) is 26.4 Å². The van der Waals surface area contributed by atoms with Gasteiger partial charge < -0.3 is 5.11 Å². The number of halogens is 1. The van der Waals surface area contributed by atoms with E-state index in [1.807, 2.05) is 6.26 Å². The van der Waals surface area contributed by atoms with Crippen LogP contribution in [-0.4, -0.2) is 32.4 Å². The van der Waals surface area contributed by atoms with E-state index in [0.717, 1.165) is 11.5 Å². The van der Waals surface area contributed by atoms with Gasteiger partial charge in [-0.25, -0.2) is 0 Å². The fourth-order valence-corrected chi connectivity index (χ4v) is 4.50. The topological polar surface area (TPSA) is 83.4 Å². The largest absolute Gasteiger partial charge is 0.507 e. The molecule has 1 atom stereocenters. The van der Waals surface area contributed by atoms with Crippen LogP contribution in [0.5, 0.6) is 0 Å². The summed E-state index contributed by atoms with van der Waals surface area (Å²) in [5.74, 6) is -1.76. The minimum Gasteiger partial charge on any atom is -0.507 e. The Morgan fingerprint density at radius 2 is 1.83 bits per heavy atom. The van der Waals surface area contributed by atoms with Crippen LogP contribution in [0.1, 0.15) is 17.2 Å². The second-order valence-corrected chi connectivity index (χ2v) is 8.09. The van der Waals surface area contributed by atoms with Gasteiger partial charge in [0.25, 0.3) is 5.78 Å². The average Bonchev–Trinajstić information content (AvgIpc) is 3.32. The van der Waals surface area contributed by atoms with Crippen molar-refractivity contribution in [3.8, 4) is 0 Å². The molecule has 1 unspecified atom stereocenters. The number of ketones is 1. The van der Waals surface area contributed by atoms with Gasteiger partial charge in [0.15, 0.2) is 0 Å². The molecular formula is C20H14ClN3O3S2. The molecule has 3 aromatic rings. The van der Waals surface area contributed by atoms with E-state index >= 15 is 0 Å². The van der Waals surface area contributed by atoms with E-state index in [1.165, 1.54) is 16.7 Å². The maximum atomic E-state index is 12.9. The van der Waals surface area contributed by atoms with Crippen LogP contribution in [-0.2, 0) is 9.59 Å². The summed E-state index contributed by atoms with van der Waals surface area (Å²) in [4.78, 5) is 31.5. The van der Waals surface area contributed by atoms with Crippen LogP contribution in [0.15, 0.2) is 65.3 Å². The summed E-state index contributed by atoms with van der Waals surface area (Å²) in [6.45, 7) is 0. The first-order valence-corrected chi connectivity index (χ1v) is 10.9. The van der Waals surface area contributed by atoms with Crippen LogP contribution < -0.4 is 4.90 Å². The van der Waals surface area contributed by atoms with Crippen LogP contribution in [0.25, 0.3) is 5.76 Å². The molecular weight excluding hydrogens is 430 g/mol. The zero-order valence-electron chi connectivity index (χ0n) is 15.1. The Kier molecular flexibility index (Phi) is 5.40. The molecule has 0 spiro atoms. The summed E-state index contributed by atoms with van der Waals surface area (Å²) in [6, 6.07) is 14.6. The Bertz CT molecular complexity index is 1110. The second-order valence-electron chi connectivity index (χ2n) is 6.15. The number of amides is 1. The molecule has 29 heavy (non-hydrogen) atoms. The van der Waals surface area contributed by atoms with E-state index in [1.54, 1.807) is 54.6 Å². The number of aliphatic hydroxyl groups is 1. The van der Waals surface area contributed by atoms with Crippen LogP contribution in [0, 0.1) is 0 Å². The number of benzene rings is 2. The van der Waals surface area contributed by atoms with E-state index in [9.17, 15) is 14.7 Å². The number of thioether (sulfide) groups is 1. The quantitative estimate of drug-likeness (QED) is 0.276. The predicted octanol–water partition coefficient (Wildman–Crippen LogP) is 4.54. The molecule has 1 aromatic heterocycles. The molecule has 2 aromatic carbocycles. The molecule has 0 bridgehead atoms. The average molecular weight is 444 g/mol. The van der Waals surface area contributed by atoms with Crippen molar-refractivity contribution in [2.75, 3.05) is 11.2 Å². The Labute approximate surface area is 180 Å². The Morgan fingerprint density at radius 3 is 2.45 bits per heavy atom. The summed E-state index contributed by atoms with van der Waals surface area (Å²) in [5.41, 5.74) is 1.09. The van der Waals surface area contributed by atoms with Crippen LogP contribution in [0.2, 0.25) is 5.02 Å². The zero-order valence-corrected chi connectivity index (χ0v) is 17.5. The lowest BCUT2D eigenvalue weighted by atomic mass is 9.95. The highest BCUT2D eigenvalue weighted by Crippen LogP contribution is 2.43. The van der Waals surface area contributed by atoms with Crippen molar-refractivity contribution in [3.63, 3.8) is 0 Å². The predicted molar refractivity (Wildman–Crippen MR) is 114 cm³/mol. The molecule has 4 rings (SSSR count). The summed E-state index contributed by atoms with van der Waals surface area (Å²) in [7, 11) is 0. The van der Waals surface area contributed by atoms with E-state index in [-0.39, 0.29) is 11.3 Å². The SMILES string of the molecule is CSc1nsc(N2C(=O)C(=O)/C(=C(\O)c3ccccc3)C2c2ccc(Cl)cc2)n1. The number of anilines is 1. The van der Waals surface area contributed by atoms with Crippen LogP contribution >= 0.6 is 34.9 Å². The van der Waals surface area contributed by atoms with Crippen molar-refractivity contribution in [2.45, 2.75) is 11.2 Å². The Morgan fingerprint density at radius 1 is 1.14 bits per heavy atom. The number of carbonyl (C=O) groups is 2. The number of Topliss-reactive ketones (excluding diaryl/α,β-unsaturated/α-hetero) is 1. The lowest BCUT2D eigenvalue weighted by Gasteiger charge is -2.22. The molecule has 2 heterocycles. The fraction of sp³-hybridized carbons (Fsp3) is 0.100. The maximum Gasteiger partial charge on any atom is 0.301 e. The molecule has 9 heteroatoms. The van der Waals surface area contributed by atoms with Crippen molar-refractivity contribution in [1.82, 2.24) is 9.36 Å². The number of hydrogen-bond acceptors (Lipinski definition) is 7. The molecule has 1 fully saturated rings. The first-order valence-electron chi connectivity index (χ1n) is 8.51. The first-order chi connectivity index (χ1) is 14.0. The van der Waals surface area contributed by atoms with Crippen molar-refractivity contribution in [3.05, 3.63) is 76.3 Å². The molecule has 1 N–H and O–H groups in total. The highest BCUT2D eigenvalue weighted by atomic mass is 35.5. The Balaban J connectivity index is 1.93. The molecule has 1 aliphatic rings. The number of carbonyl (C=O) groups excluding carboxylic acids is 2. The van der Waals surface area contributed by atoms with Gasteiger partial charge in [-0.1, -0.05) is 65.8 Å². The van der Waals surface area contributed by atoms with Crippen LogP contribution in [0.4, 0.5) is 5.13 Å². The minimum absolute atomic E-state index is 0.00410. The number of rotatable bonds is 4. The highest BCUT2D eigenvalue weighted by molar-refractivity contribution is 7.98. The first kappa shape index (κ1) is 19.6. The van der Waals surface area contributed by atoms with Gasteiger partial charge in [-0.3, -0.25) is 14.5 Å². The van der Waals surface area contributed by atoms with Gasteiger partial charge in [-0.15, -0.1) is 0 Å². The van der Waals surface area contributed by atoms with Crippen molar-refractivity contribution in [2.24, 2.45) is 0 Å². The van der Waals surface area contributed by atoms with Gasteiger partial charge in [0.1, 0.15) is 5.76 Å². The van der Waals surface area contributed by atoms with Crippen molar-refractivity contribution >= 4 is 57.5 Å². The number of aliphatic hydroxyl groups excluding tert-OH is 1. The molecule has 1 amide bonds. The summed E-state index contributed by atoms with van der Waals surface area (Å²) >= 11 is 8.38. The molecule has 1 aliphatic heterocycles. The third-order valence-electron chi connectivity index (χ3n) is 4.46. The summed E-state index contributed by atoms with van der Waals surface area (Å²) in [6.07, 6.45) is 1.83. The third kappa shape index (κ3) is 3.55. The molecule has 6 nitrogen and oxygen atoms in total. The highest BCUT2D eigenvalue weighted by Gasteiger charge is 2.48. The van der Waals surface area contributed by atoms with Crippen molar-refractivity contribution < 1.29 is 14.7 Å². The van der Waals surface area contributed by atoms with Gasteiger partial charge in [0, 0.05) is 22.1 Å². The smallest absolute Gasteiger partial charge is 0.301 e. The lowest BCUT2D eigenvalue weighted by molar-refractivity contribution is -0.132. The van der Waals surface area contributed by atoms with E-state index in [4.69, 9.17) is 11.6 Å². The van der Waals surface area contributed by atoms with Gasteiger partial charge in [0.05, 0.1) is 11.6 Å². The number of aromatic nitrogens is 2. The van der Waals surface area contributed by atoms with Gasteiger partial charge in [-0.2, -0.15) is 9.36 Å². The van der Waals surface area contributed by atoms with E-state index < -0.39 is 17.7 Å². The summed E-state index contributed by atoms with van der Waals surface area (Å²) in [5, 5.41) is 12.2. The van der Waals surface area contributed by atoms with E-state index in [2.05, 4.69) is 9.36 Å². The van der Waals surface area contributed by atoms with Gasteiger partial charge in [-0.05, 0) is 24.0 Å². The monoisotopic (exact) mass is 443 g/mol. The fourth-order valence-electron chi connectivity index (χ4n) is 3.13. The Hall–Kier alpha value is -2.68. The van der Waals surface area contributed by atoms with Gasteiger partial charge in [0.2, 0.25) is 10.3 Å². The lowest BCUT2D eigenvalue weighted by Crippen LogP contribution is -2.29. The summed E-state index contributed by atoms with van der Waals surface area (Å²) < 4.78 is 4.20.